The molecule has 1 amide bonds. The van der Waals surface area contributed by atoms with Gasteiger partial charge in [-0.15, -0.1) is 22.7 Å². The molecule has 0 radical (unpaired) electrons. The summed E-state index contributed by atoms with van der Waals surface area (Å²) in [7, 11) is 1.57. The molecule has 9 heteroatoms. The fourth-order valence-electron chi connectivity index (χ4n) is 2.00. The topological polar surface area (TPSA) is 51.2 Å². The molecule has 1 N–H and O–H groups in total. The van der Waals surface area contributed by atoms with Gasteiger partial charge < -0.3 is 4.74 Å². The molecule has 0 fully saturated rings. The van der Waals surface area contributed by atoms with Gasteiger partial charge in [-0.3, -0.25) is 10.1 Å². The molecule has 0 aliphatic heterocycles. The molecule has 0 aliphatic carbocycles. The maximum Gasteiger partial charge on any atom is 0.425 e. The number of thiazole rings is 1. The van der Waals surface area contributed by atoms with Crippen molar-refractivity contribution in [2.24, 2.45) is 0 Å². The number of carbonyl (C=O) groups excluding carboxylic acids is 1. The number of amides is 1. The Kier molecular flexibility index (Phi) is 4.78. The Morgan fingerprint density at radius 1 is 1.16 bits per heavy atom. The lowest BCUT2D eigenvalue weighted by Gasteiger charge is -2.01. The van der Waals surface area contributed by atoms with E-state index in [1.807, 2.05) is 12.1 Å². The van der Waals surface area contributed by atoms with Crippen molar-refractivity contribution in [1.29, 1.82) is 0 Å². The summed E-state index contributed by atoms with van der Waals surface area (Å²) in [6.45, 7) is 0. The van der Waals surface area contributed by atoms with Crippen molar-refractivity contribution in [1.82, 2.24) is 4.98 Å². The molecule has 3 rings (SSSR count). The number of hydrogen-bond donors (Lipinski definition) is 1. The normalized spacial score (nSPS) is 11.4. The second-order valence-corrected chi connectivity index (χ2v) is 6.82. The van der Waals surface area contributed by atoms with Crippen molar-refractivity contribution in [2.75, 3.05) is 12.4 Å². The molecule has 3 aromatic rings. The van der Waals surface area contributed by atoms with E-state index in [4.69, 9.17) is 4.74 Å². The Bertz CT molecular complexity index is 885. The van der Waals surface area contributed by atoms with Crippen LogP contribution in [0.5, 0.6) is 5.75 Å². The number of rotatable bonds is 4. The minimum atomic E-state index is -4.45. The van der Waals surface area contributed by atoms with Crippen LogP contribution in [0.4, 0.5) is 18.3 Å². The number of aromatic nitrogens is 1. The van der Waals surface area contributed by atoms with Crippen LogP contribution in [0.15, 0.2) is 41.8 Å². The second kappa shape index (κ2) is 6.85. The number of hydrogen-bond acceptors (Lipinski definition) is 5. The van der Waals surface area contributed by atoms with Crippen LogP contribution in [0.25, 0.3) is 11.3 Å². The zero-order valence-corrected chi connectivity index (χ0v) is 14.4. The van der Waals surface area contributed by atoms with E-state index in [0.717, 1.165) is 17.7 Å². The van der Waals surface area contributed by atoms with Gasteiger partial charge in [0.1, 0.15) is 10.6 Å². The van der Waals surface area contributed by atoms with E-state index in [9.17, 15) is 18.0 Å². The Morgan fingerprint density at radius 2 is 1.88 bits per heavy atom. The largest absolute Gasteiger partial charge is 0.497 e. The number of thiophene rings is 1. The van der Waals surface area contributed by atoms with Gasteiger partial charge in [0.15, 0.2) is 5.13 Å². The summed E-state index contributed by atoms with van der Waals surface area (Å²) >= 11 is 1.60. The molecule has 25 heavy (non-hydrogen) atoms. The van der Waals surface area contributed by atoms with E-state index >= 15 is 0 Å². The lowest BCUT2D eigenvalue weighted by Crippen LogP contribution is -2.09. The summed E-state index contributed by atoms with van der Waals surface area (Å²) in [6, 6.07) is 9.28. The molecule has 2 heterocycles. The van der Waals surface area contributed by atoms with Crippen LogP contribution in [0, 0.1) is 0 Å². The number of halogens is 3. The number of carbonyl (C=O) groups is 1. The number of nitrogens with zero attached hydrogens (tertiary/aromatic N) is 1. The van der Waals surface area contributed by atoms with Crippen molar-refractivity contribution in [3.05, 3.63) is 51.5 Å². The Morgan fingerprint density at radius 3 is 2.48 bits per heavy atom. The van der Waals surface area contributed by atoms with Crippen LogP contribution in [0.2, 0.25) is 0 Å². The number of benzene rings is 1. The highest BCUT2D eigenvalue weighted by molar-refractivity contribution is 7.15. The molecular weight excluding hydrogens is 373 g/mol. The molecule has 0 aliphatic rings. The molecule has 1 aromatic carbocycles. The van der Waals surface area contributed by atoms with Crippen molar-refractivity contribution in [2.45, 2.75) is 6.18 Å². The van der Waals surface area contributed by atoms with Gasteiger partial charge in [0.05, 0.1) is 17.7 Å². The third-order valence-corrected chi connectivity index (χ3v) is 5.11. The Labute approximate surface area is 148 Å². The zero-order chi connectivity index (χ0) is 18.0. The fraction of sp³-hybridized carbons (Fsp3) is 0.125. The van der Waals surface area contributed by atoms with Crippen LogP contribution in [-0.4, -0.2) is 18.0 Å². The zero-order valence-electron chi connectivity index (χ0n) is 12.8. The number of nitrogens with one attached hydrogen (secondary N) is 1. The first-order valence-corrected chi connectivity index (χ1v) is 8.65. The molecule has 0 saturated carbocycles. The molecule has 0 atom stereocenters. The predicted molar refractivity (Wildman–Crippen MR) is 91.4 cm³/mol. The lowest BCUT2D eigenvalue weighted by molar-refractivity contribution is -0.134. The quantitative estimate of drug-likeness (QED) is 0.677. The Balaban J connectivity index is 1.72. The van der Waals surface area contributed by atoms with Crippen molar-refractivity contribution >= 4 is 33.7 Å². The minimum absolute atomic E-state index is 0.0199. The molecular formula is C16H11F3N2O2S2. The van der Waals surface area contributed by atoms with Crippen LogP contribution in [-0.2, 0) is 6.18 Å². The summed E-state index contributed by atoms with van der Waals surface area (Å²) in [4.78, 5) is 15.5. The van der Waals surface area contributed by atoms with E-state index in [-0.39, 0.29) is 4.88 Å². The summed E-state index contributed by atoms with van der Waals surface area (Å²) in [5.41, 5.74) is 1.50. The standard InChI is InChI=1S/C16H11F3N2O2S2/c1-23-10-4-2-9(3-5-10)11-8-24-15(20-11)21-14(22)12-6-7-13(25-12)16(17,18)19/h2-8H,1H3,(H,20,21,22). The van der Waals surface area contributed by atoms with E-state index in [1.165, 1.54) is 11.3 Å². The van der Waals surface area contributed by atoms with Gasteiger partial charge in [0.25, 0.3) is 5.91 Å². The highest BCUT2D eigenvalue weighted by Gasteiger charge is 2.33. The first-order chi connectivity index (χ1) is 11.9. The van der Waals surface area contributed by atoms with Gasteiger partial charge in [-0.1, -0.05) is 0 Å². The third kappa shape index (κ3) is 3.99. The van der Waals surface area contributed by atoms with Crippen LogP contribution in [0.1, 0.15) is 14.5 Å². The van der Waals surface area contributed by atoms with E-state index in [1.54, 1.807) is 24.6 Å². The van der Waals surface area contributed by atoms with Gasteiger partial charge in [0, 0.05) is 10.9 Å². The van der Waals surface area contributed by atoms with E-state index in [2.05, 4.69) is 10.3 Å². The van der Waals surface area contributed by atoms with Gasteiger partial charge in [-0.25, -0.2) is 4.98 Å². The number of methoxy groups -OCH3 is 1. The monoisotopic (exact) mass is 384 g/mol. The first kappa shape index (κ1) is 17.4. The number of alkyl halides is 3. The minimum Gasteiger partial charge on any atom is -0.497 e. The summed E-state index contributed by atoms with van der Waals surface area (Å²) in [5, 5.41) is 4.60. The predicted octanol–water partition coefficient (Wildman–Crippen LogP) is 5.15. The SMILES string of the molecule is COc1ccc(-c2csc(NC(=O)c3ccc(C(F)(F)F)s3)n2)cc1. The first-order valence-electron chi connectivity index (χ1n) is 6.95. The average molecular weight is 384 g/mol. The summed E-state index contributed by atoms with van der Waals surface area (Å²) in [5.74, 6) is 0.0989. The maximum atomic E-state index is 12.6. The highest BCUT2D eigenvalue weighted by atomic mass is 32.1. The van der Waals surface area contributed by atoms with Gasteiger partial charge in [-0.2, -0.15) is 13.2 Å². The van der Waals surface area contributed by atoms with Gasteiger partial charge >= 0.3 is 6.18 Å². The molecule has 4 nitrogen and oxygen atoms in total. The van der Waals surface area contributed by atoms with E-state index < -0.39 is 17.0 Å². The molecule has 0 unspecified atom stereocenters. The maximum absolute atomic E-state index is 12.6. The van der Waals surface area contributed by atoms with Crippen LogP contribution < -0.4 is 10.1 Å². The van der Waals surface area contributed by atoms with Crippen molar-refractivity contribution in [3.8, 4) is 17.0 Å². The molecule has 0 spiro atoms. The second-order valence-electron chi connectivity index (χ2n) is 4.88. The number of ether oxygens (including phenoxy) is 1. The average Bonchev–Trinajstić information content (AvgIpc) is 3.24. The Hall–Kier alpha value is -2.39. The van der Waals surface area contributed by atoms with E-state index in [0.29, 0.717) is 27.9 Å². The van der Waals surface area contributed by atoms with Crippen molar-refractivity contribution in [3.63, 3.8) is 0 Å². The molecule has 0 saturated heterocycles. The van der Waals surface area contributed by atoms with Gasteiger partial charge in [-0.05, 0) is 36.4 Å². The molecule has 0 bridgehead atoms. The van der Waals surface area contributed by atoms with Gasteiger partial charge in [0.2, 0.25) is 0 Å². The highest BCUT2D eigenvalue weighted by Crippen LogP contribution is 2.35. The summed E-state index contributed by atoms with van der Waals surface area (Å²) < 4.78 is 42.9. The molecule has 130 valence electrons. The lowest BCUT2D eigenvalue weighted by atomic mass is 10.2. The molecule has 2 aromatic heterocycles. The smallest absolute Gasteiger partial charge is 0.425 e. The fourth-order valence-corrected chi connectivity index (χ4v) is 3.48. The number of anilines is 1. The van der Waals surface area contributed by atoms with Crippen LogP contribution >= 0.6 is 22.7 Å². The van der Waals surface area contributed by atoms with Crippen LogP contribution in [0.3, 0.4) is 0 Å². The van der Waals surface area contributed by atoms with Crippen molar-refractivity contribution < 1.29 is 22.7 Å². The summed E-state index contributed by atoms with van der Waals surface area (Å²) in [6.07, 6.45) is -4.45. The third-order valence-electron chi connectivity index (χ3n) is 3.22.